The van der Waals surface area contributed by atoms with Crippen LogP contribution in [0.4, 0.5) is 5.82 Å². The summed E-state index contributed by atoms with van der Waals surface area (Å²) in [5, 5.41) is 0.646. The van der Waals surface area contributed by atoms with Gasteiger partial charge in [-0.25, -0.2) is 4.98 Å². The van der Waals surface area contributed by atoms with Crippen LogP contribution in [0.5, 0.6) is 0 Å². The summed E-state index contributed by atoms with van der Waals surface area (Å²) in [5.74, 6) is 0.968. The minimum atomic E-state index is 0.368. The molecule has 2 saturated heterocycles. The molecule has 4 nitrogen and oxygen atoms in total. The van der Waals surface area contributed by atoms with Gasteiger partial charge in [0, 0.05) is 19.6 Å². The molecule has 0 aromatic carbocycles. The lowest BCUT2D eigenvalue weighted by atomic mass is 10.2. The molecular formula is C12H16ClN3O. The Labute approximate surface area is 106 Å². The molecule has 1 aromatic heterocycles. The molecule has 2 aliphatic heterocycles. The van der Waals surface area contributed by atoms with E-state index in [1.165, 1.54) is 12.8 Å². The van der Waals surface area contributed by atoms with Crippen molar-refractivity contribution in [3.8, 4) is 0 Å². The van der Waals surface area contributed by atoms with Crippen LogP contribution in [0.1, 0.15) is 18.5 Å². The highest BCUT2D eigenvalue weighted by Gasteiger charge is 2.34. The Bertz CT molecular complexity index is 414. The Kier molecular flexibility index (Phi) is 2.94. The summed E-state index contributed by atoms with van der Waals surface area (Å²) in [7, 11) is 0. The highest BCUT2D eigenvalue weighted by Crippen LogP contribution is 2.29. The van der Waals surface area contributed by atoms with E-state index in [0.717, 1.165) is 24.6 Å². The van der Waals surface area contributed by atoms with Gasteiger partial charge in [-0.1, -0.05) is 11.6 Å². The SMILES string of the molecule is NCc1nc(N2CC3CCC(C2)O3)ccc1Cl. The van der Waals surface area contributed by atoms with Crippen molar-refractivity contribution in [2.24, 2.45) is 5.73 Å². The van der Waals surface area contributed by atoms with Crippen LogP contribution in [-0.4, -0.2) is 30.3 Å². The number of morpholine rings is 1. The van der Waals surface area contributed by atoms with Gasteiger partial charge in [0.25, 0.3) is 0 Å². The van der Waals surface area contributed by atoms with Gasteiger partial charge in [0.15, 0.2) is 0 Å². The third kappa shape index (κ3) is 2.12. The normalized spacial score (nSPS) is 27.5. The van der Waals surface area contributed by atoms with Gasteiger partial charge in [0.2, 0.25) is 0 Å². The molecule has 3 heterocycles. The minimum absolute atomic E-state index is 0.368. The standard InChI is InChI=1S/C12H16ClN3O/c13-10-3-4-12(15-11(10)5-14)16-6-8-1-2-9(7-16)17-8/h3-4,8-9H,1-2,5-7,14H2. The van der Waals surface area contributed by atoms with E-state index in [2.05, 4.69) is 9.88 Å². The Hall–Kier alpha value is -0.840. The van der Waals surface area contributed by atoms with E-state index in [4.69, 9.17) is 22.1 Å². The lowest BCUT2D eigenvalue weighted by molar-refractivity contribution is 0.0302. The number of nitrogens with zero attached hydrogens (tertiary/aromatic N) is 2. The molecule has 0 saturated carbocycles. The molecule has 5 heteroatoms. The average molecular weight is 254 g/mol. The summed E-state index contributed by atoms with van der Waals surface area (Å²) in [6.45, 7) is 2.23. The largest absolute Gasteiger partial charge is 0.371 e. The summed E-state index contributed by atoms with van der Waals surface area (Å²) < 4.78 is 5.81. The van der Waals surface area contributed by atoms with Crippen LogP contribution < -0.4 is 10.6 Å². The van der Waals surface area contributed by atoms with Crippen LogP contribution in [0.25, 0.3) is 0 Å². The number of anilines is 1. The second kappa shape index (κ2) is 4.44. The van der Waals surface area contributed by atoms with Crippen LogP contribution in [0.2, 0.25) is 5.02 Å². The summed E-state index contributed by atoms with van der Waals surface area (Å²) in [6, 6.07) is 3.84. The number of aromatic nitrogens is 1. The van der Waals surface area contributed by atoms with Gasteiger partial charge >= 0.3 is 0 Å². The Morgan fingerprint density at radius 1 is 1.35 bits per heavy atom. The third-order valence-corrected chi connectivity index (χ3v) is 3.81. The fraction of sp³-hybridized carbons (Fsp3) is 0.583. The van der Waals surface area contributed by atoms with Crippen molar-refractivity contribution >= 4 is 17.4 Å². The van der Waals surface area contributed by atoms with Gasteiger partial charge < -0.3 is 15.4 Å². The molecule has 2 atom stereocenters. The fourth-order valence-electron chi connectivity index (χ4n) is 2.59. The van der Waals surface area contributed by atoms with Gasteiger partial charge in [-0.05, 0) is 25.0 Å². The van der Waals surface area contributed by atoms with E-state index in [1.807, 2.05) is 12.1 Å². The predicted molar refractivity (Wildman–Crippen MR) is 67.2 cm³/mol. The maximum atomic E-state index is 6.02. The Balaban J connectivity index is 1.84. The van der Waals surface area contributed by atoms with Gasteiger partial charge in [0.05, 0.1) is 22.9 Å². The van der Waals surface area contributed by atoms with E-state index in [-0.39, 0.29) is 0 Å². The molecule has 0 amide bonds. The maximum Gasteiger partial charge on any atom is 0.129 e. The fourth-order valence-corrected chi connectivity index (χ4v) is 2.78. The van der Waals surface area contributed by atoms with E-state index in [0.29, 0.717) is 23.8 Å². The quantitative estimate of drug-likeness (QED) is 0.869. The van der Waals surface area contributed by atoms with Crippen molar-refractivity contribution in [1.82, 2.24) is 4.98 Å². The van der Waals surface area contributed by atoms with Crippen molar-refractivity contribution in [3.63, 3.8) is 0 Å². The topological polar surface area (TPSA) is 51.4 Å². The summed E-state index contributed by atoms with van der Waals surface area (Å²) in [5.41, 5.74) is 6.39. The van der Waals surface area contributed by atoms with Crippen molar-refractivity contribution < 1.29 is 4.74 Å². The molecule has 0 spiro atoms. The first-order valence-electron chi connectivity index (χ1n) is 6.02. The number of nitrogens with two attached hydrogens (primary N) is 1. The van der Waals surface area contributed by atoms with Crippen LogP contribution in [0, 0.1) is 0 Å². The summed E-state index contributed by atoms with van der Waals surface area (Å²) >= 11 is 6.02. The van der Waals surface area contributed by atoms with E-state index >= 15 is 0 Å². The Morgan fingerprint density at radius 3 is 2.71 bits per heavy atom. The first-order chi connectivity index (χ1) is 8.26. The van der Waals surface area contributed by atoms with Crippen molar-refractivity contribution in [2.75, 3.05) is 18.0 Å². The molecule has 0 radical (unpaired) electrons. The number of hydrogen-bond acceptors (Lipinski definition) is 4. The zero-order valence-electron chi connectivity index (χ0n) is 9.60. The van der Waals surface area contributed by atoms with Gasteiger partial charge in [-0.3, -0.25) is 0 Å². The molecule has 2 aliphatic rings. The first-order valence-corrected chi connectivity index (χ1v) is 6.40. The monoisotopic (exact) mass is 253 g/mol. The smallest absolute Gasteiger partial charge is 0.129 e. The number of hydrogen-bond donors (Lipinski definition) is 1. The molecule has 2 fully saturated rings. The lowest BCUT2D eigenvalue weighted by Gasteiger charge is -2.33. The molecule has 2 N–H and O–H groups in total. The van der Waals surface area contributed by atoms with Gasteiger partial charge in [-0.15, -0.1) is 0 Å². The van der Waals surface area contributed by atoms with Crippen LogP contribution in [0.3, 0.4) is 0 Å². The second-order valence-electron chi connectivity index (χ2n) is 4.66. The van der Waals surface area contributed by atoms with Crippen molar-refractivity contribution in [1.29, 1.82) is 0 Å². The molecule has 17 heavy (non-hydrogen) atoms. The van der Waals surface area contributed by atoms with Crippen LogP contribution in [-0.2, 0) is 11.3 Å². The number of ether oxygens (including phenoxy) is 1. The average Bonchev–Trinajstić information content (AvgIpc) is 2.69. The summed E-state index contributed by atoms with van der Waals surface area (Å²) in [4.78, 5) is 6.80. The van der Waals surface area contributed by atoms with Crippen LogP contribution >= 0.6 is 11.6 Å². The second-order valence-corrected chi connectivity index (χ2v) is 5.07. The van der Waals surface area contributed by atoms with E-state index < -0.39 is 0 Å². The molecule has 0 aliphatic carbocycles. The highest BCUT2D eigenvalue weighted by molar-refractivity contribution is 6.31. The van der Waals surface area contributed by atoms with Crippen LogP contribution in [0.15, 0.2) is 12.1 Å². The highest BCUT2D eigenvalue weighted by atomic mass is 35.5. The molecule has 92 valence electrons. The molecule has 3 rings (SSSR count). The van der Waals surface area contributed by atoms with Gasteiger partial charge in [-0.2, -0.15) is 0 Å². The van der Waals surface area contributed by atoms with Crippen molar-refractivity contribution in [3.05, 3.63) is 22.8 Å². The van der Waals surface area contributed by atoms with Gasteiger partial charge in [0.1, 0.15) is 5.82 Å². The molecule has 2 bridgehead atoms. The van der Waals surface area contributed by atoms with E-state index in [9.17, 15) is 0 Å². The van der Waals surface area contributed by atoms with Crippen molar-refractivity contribution in [2.45, 2.75) is 31.6 Å². The Morgan fingerprint density at radius 2 is 2.06 bits per heavy atom. The molecule has 1 aromatic rings. The zero-order valence-corrected chi connectivity index (χ0v) is 10.4. The third-order valence-electron chi connectivity index (χ3n) is 3.46. The van der Waals surface area contributed by atoms with E-state index in [1.54, 1.807) is 0 Å². The number of fused-ring (bicyclic) bond motifs is 2. The number of pyridine rings is 1. The zero-order chi connectivity index (χ0) is 11.8. The minimum Gasteiger partial charge on any atom is -0.371 e. The molecule has 2 unspecified atom stereocenters. The number of rotatable bonds is 2. The first kappa shape index (κ1) is 11.3. The summed E-state index contributed by atoms with van der Waals surface area (Å²) in [6.07, 6.45) is 3.07. The lowest BCUT2D eigenvalue weighted by Crippen LogP contribution is -2.43. The number of halogens is 1. The predicted octanol–water partition coefficient (Wildman–Crippen LogP) is 1.56. The maximum absolute atomic E-state index is 6.02. The molecular weight excluding hydrogens is 238 g/mol.